The maximum atomic E-state index is 12.3. The minimum atomic E-state index is -2.16. The van der Waals surface area contributed by atoms with Crippen LogP contribution in [0.4, 0.5) is 0 Å². The first-order valence-electron chi connectivity index (χ1n) is 6.44. The summed E-state index contributed by atoms with van der Waals surface area (Å²) in [5.74, 6) is 0.327. The third-order valence-corrected chi connectivity index (χ3v) is 13.5. The summed E-state index contributed by atoms with van der Waals surface area (Å²) in [6.07, 6.45) is 3.21. The average molecular weight is 333 g/mol. The third-order valence-electron chi connectivity index (χ3n) is 4.58. The molecule has 0 heterocycles. The molecule has 3 atom stereocenters. The molecule has 1 saturated carbocycles. The summed E-state index contributed by atoms with van der Waals surface area (Å²) in [5.41, 5.74) is -0.410. The molecule has 0 unspecified atom stereocenters. The van der Waals surface area contributed by atoms with Crippen LogP contribution in [0, 0.1) is 5.41 Å². The topological polar surface area (TPSA) is 37.3 Å². The molecule has 0 aromatic carbocycles. The number of hydrogen-bond acceptors (Lipinski definition) is 2. The Hall–Kier alpha value is 0.429. The van der Waals surface area contributed by atoms with Gasteiger partial charge in [-0.15, -0.1) is 0 Å². The fourth-order valence-electron chi connectivity index (χ4n) is 3.11. The van der Waals surface area contributed by atoms with E-state index in [0.29, 0.717) is 16.1 Å². The van der Waals surface area contributed by atoms with Gasteiger partial charge in [0, 0.05) is 0 Å². The molecule has 0 spiro atoms. The van der Waals surface area contributed by atoms with Gasteiger partial charge in [-0.3, -0.25) is 0 Å². The summed E-state index contributed by atoms with van der Waals surface area (Å²) in [4.78, 5) is 19.4. The van der Waals surface area contributed by atoms with Crippen molar-refractivity contribution < 1.29 is 9.90 Å². The van der Waals surface area contributed by atoms with E-state index in [2.05, 4.69) is 21.7 Å². The second kappa shape index (κ2) is 4.97. The number of carbonyl (C=O) groups excluding carboxylic acids is 1. The first kappa shape index (κ1) is 14.5. The van der Waals surface area contributed by atoms with Crippen LogP contribution < -0.4 is 0 Å². The van der Waals surface area contributed by atoms with E-state index in [9.17, 15) is 9.90 Å². The van der Waals surface area contributed by atoms with Gasteiger partial charge < -0.3 is 0 Å². The molecule has 0 aliphatic heterocycles. The van der Waals surface area contributed by atoms with Crippen molar-refractivity contribution in [3.05, 3.63) is 0 Å². The van der Waals surface area contributed by atoms with Gasteiger partial charge >= 0.3 is 104 Å². The Kier molecular flexibility index (Phi) is 4.50. The maximum absolute atomic E-state index is 12.3. The van der Waals surface area contributed by atoms with E-state index >= 15 is 0 Å². The zero-order valence-corrected chi connectivity index (χ0v) is 14.2. The Morgan fingerprint density at radius 1 is 1.25 bits per heavy atom. The SMILES string of the molecule is C[C@H]([C@]1([C@@H](C)O)CCCCC1=O)[Sn]([CH3])([CH3])[CH3]. The Labute approximate surface area is 104 Å². The molecule has 1 fully saturated rings. The van der Waals surface area contributed by atoms with Crippen LogP contribution in [0.2, 0.25) is 18.8 Å². The molecule has 0 aromatic rings. The molecule has 0 aromatic heterocycles. The van der Waals surface area contributed by atoms with Crippen molar-refractivity contribution in [1.82, 2.24) is 0 Å². The summed E-state index contributed by atoms with van der Waals surface area (Å²) < 4.78 is 0.426. The van der Waals surface area contributed by atoms with E-state index < -0.39 is 29.9 Å². The molecule has 94 valence electrons. The monoisotopic (exact) mass is 334 g/mol. The van der Waals surface area contributed by atoms with Crippen molar-refractivity contribution >= 4 is 24.2 Å². The Morgan fingerprint density at radius 3 is 2.19 bits per heavy atom. The van der Waals surface area contributed by atoms with Gasteiger partial charge in [0.1, 0.15) is 0 Å². The summed E-state index contributed by atoms with van der Waals surface area (Å²) >= 11 is -2.16. The van der Waals surface area contributed by atoms with E-state index in [-0.39, 0.29) is 0 Å². The van der Waals surface area contributed by atoms with Gasteiger partial charge in [0.15, 0.2) is 0 Å². The minimum absolute atomic E-state index is 0.327. The molecular formula is C13H26O2Sn. The average Bonchev–Trinajstić information content (AvgIpc) is 2.16. The Morgan fingerprint density at radius 2 is 1.81 bits per heavy atom. The van der Waals surface area contributed by atoms with E-state index in [4.69, 9.17) is 0 Å². The number of aliphatic hydroxyl groups excluding tert-OH is 1. The molecule has 0 radical (unpaired) electrons. The summed E-state index contributed by atoms with van der Waals surface area (Å²) in [7, 11) is 0. The second-order valence-corrected chi connectivity index (χ2v) is 22.4. The number of aliphatic hydroxyl groups is 1. The van der Waals surface area contributed by atoms with Crippen molar-refractivity contribution in [3.8, 4) is 0 Å². The fraction of sp³-hybridized carbons (Fsp3) is 0.923. The van der Waals surface area contributed by atoms with E-state index in [1.54, 1.807) is 0 Å². The molecule has 3 heteroatoms. The molecule has 1 aliphatic carbocycles. The first-order chi connectivity index (χ1) is 7.23. The molecule has 2 nitrogen and oxygen atoms in total. The van der Waals surface area contributed by atoms with Gasteiger partial charge in [-0.1, -0.05) is 0 Å². The van der Waals surface area contributed by atoms with Crippen molar-refractivity contribution in [1.29, 1.82) is 0 Å². The molecule has 0 saturated heterocycles. The zero-order valence-electron chi connectivity index (χ0n) is 11.3. The van der Waals surface area contributed by atoms with Crippen LogP contribution >= 0.6 is 0 Å². The number of hydrogen-bond donors (Lipinski definition) is 1. The van der Waals surface area contributed by atoms with Crippen LogP contribution in [-0.2, 0) is 4.79 Å². The molecule has 1 rings (SSSR count). The predicted molar refractivity (Wildman–Crippen MR) is 70.4 cm³/mol. The van der Waals surface area contributed by atoms with E-state index in [0.717, 1.165) is 19.3 Å². The Bertz CT molecular complexity index is 268. The van der Waals surface area contributed by atoms with Crippen molar-refractivity contribution in [2.24, 2.45) is 5.41 Å². The predicted octanol–water partition coefficient (Wildman–Crippen LogP) is 3.23. The molecule has 0 bridgehead atoms. The van der Waals surface area contributed by atoms with Crippen LogP contribution in [-0.4, -0.2) is 35.4 Å². The number of carbonyl (C=O) groups is 1. The van der Waals surface area contributed by atoms with Crippen molar-refractivity contribution in [2.75, 3.05) is 0 Å². The Balaban J connectivity index is 3.10. The van der Waals surface area contributed by atoms with Gasteiger partial charge in [0.25, 0.3) is 0 Å². The number of ketones is 1. The molecular weight excluding hydrogens is 307 g/mol. The number of rotatable bonds is 3. The standard InChI is InChI=1S/C10H17O2.3CH3.Sn/c1-3-10(8(2)11)7-5-4-6-9(10)12;;;;/h3,8,11H,4-7H2,1-2H3;3*1H3;/t8-,10-;;;;/m1..../s1. The van der Waals surface area contributed by atoms with Crippen LogP contribution in [0.25, 0.3) is 0 Å². The van der Waals surface area contributed by atoms with E-state index in [1.807, 2.05) is 6.92 Å². The van der Waals surface area contributed by atoms with Crippen LogP contribution in [0.5, 0.6) is 0 Å². The molecule has 1 aliphatic rings. The fourth-order valence-corrected chi connectivity index (χ4v) is 9.08. The van der Waals surface area contributed by atoms with Gasteiger partial charge in [-0.05, 0) is 0 Å². The summed E-state index contributed by atoms with van der Waals surface area (Å²) in [6.45, 7) is 4.03. The van der Waals surface area contributed by atoms with Crippen LogP contribution in [0.1, 0.15) is 39.5 Å². The van der Waals surface area contributed by atoms with Gasteiger partial charge in [-0.2, -0.15) is 0 Å². The van der Waals surface area contributed by atoms with E-state index in [1.165, 1.54) is 0 Å². The zero-order chi connectivity index (χ0) is 12.6. The van der Waals surface area contributed by atoms with Gasteiger partial charge in [0.05, 0.1) is 0 Å². The van der Waals surface area contributed by atoms with Crippen LogP contribution in [0.3, 0.4) is 0 Å². The van der Waals surface area contributed by atoms with Crippen LogP contribution in [0.15, 0.2) is 0 Å². The second-order valence-electron chi connectivity index (χ2n) is 6.43. The third kappa shape index (κ3) is 2.47. The normalized spacial score (nSPS) is 31.2. The molecule has 16 heavy (non-hydrogen) atoms. The molecule has 1 N–H and O–H groups in total. The quantitative estimate of drug-likeness (QED) is 0.806. The first-order valence-corrected chi connectivity index (χ1v) is 16.7. The van der Waals surface area contributed by atoms with Gasteiger partial charge in [-0.25, -0.2) is 0 Å². The van der Waals surface area contributed by atoms with Crippen molar-refractivity contribution in [2.45, 2.75) is 64.4 Å². The summed E-state index contributed by atoms with van der Waals surface area (Å²) in [5, 5.41) is 10.1. The van der Waals surface area contributed by atoms with Crippen molar-refractivity contribution in [3.63, 3.8) is 0 Å². The summed E-state index contributed by atoms with van der Waals surface area (Å²) in [6, 6.07) is 0. The number of Topliss-reactive ketones (excluding diaryl/α,β-unsaturated/α-hetero) is 1. The van der Waals surface area contributed by atoms with Gasteiger partial charge in [0.2, 0.25) is 0 Å². The molecule has 0 amide bonds.